The number of carbonyl (C=O) groups excluding carboxylic acids is 1. The van der Waals surface area contributed by atoms with Crippen molar-refractivity contribution in [2.24, 2.45) is 0 Å². The lowest BCUT2D eigenvalue weighted by Gasteiger charge is -2.22. The molecule has 0 radical (unpaired) electrons. The summed E-state index contributed by atoms with van der Waals surface area (Å²) in [6.45, 7) is 2.28. The summed E-state index contributed by atoms with van der Waals surface area (Å²) in [6.07, 6.45) is -0.637. The van der Waals surface area contributed by atoms with Gasteiger partial charge in [-0.05, 0) is 30.7 Å². The van der Waals surface area contributed by atoms with Crippen molar-refractivity contribution in [1.82, 2.24) is 10.6 Å². The zero-order chi connectivity index (χ0) is 17.7. The summed E-state index contributed by atoms with van der Waals surface area (Å²) in [4.78, 5) is 11.3. The van der Waals surface area contributed by atoms with E-state index in [1.807, 2.05) is 6.92 Å². The normalized spacial score (nSPS) is 18.0. The largest absolute Gasteiger partial charge is 0.493 e. The molecule has 0 saturated heterocycles. The van der Waals surface area contributed by atoms with Crippen LogP contribution in [-0.2, 0) is 0 Å². The second-order valence-electron chi connectivity index (χ2n) is 4.90. The molecule has 0 spiro atoms. The Morgan fingerprint density at radius 1 is 1.29 bits per heavy atom. The van der Waals surface area contributed by atoms with Gasteiger partial charge < -0.3 is 20.1 Å². The van der Waals surface area contributed by atoms with Crippen LogP contribution in [0.15, 0.2) is 36.0 Å². The van der Waals surface area contributed by atoms with E-state index < -0.39 is 23.9 Å². The quantitative estimate of drug-likeness (QED) is 0.864. The minimum absolute atomic E-state index is 0.450. The van der Waals surface area contributed by atoms with Gasteiger partial charge in [-0.15, -0.1) is 0 Å². The van der Waals surface area contributed by atoms with Gasteiger partial charge in [0.2, 0.25) is 0 Å². The predicted molar refractivity (Wildman–Crippen MR) is 82.8 cm³/mol. The van der Waals surface area contributed by atoms with Gasteiger partial charge in [-0.1, -0.05) is 18.2 Å². The fraction of sp³-hybridized carbons (Fsp3) is 0.312. The van der Waals surface area contributed by atoms with Crippen LogP contribution in [0.2, 0.25) is 0 Å². The van der Waals surface area contributed by atoms with Crippen LogP contribution in [0.1, 0.15) is 12.5 Å². The van der Waals surface area contributed by atoms with Gasteiger partial charge in [-0.25, -0.2) is 4.79 Å². The van der Waals surface area contributed by atoms with Gasteiger partial charge in [0.1, 0.15) is 5.70 Å². The van der Waals surface area contributed by atoms with Crippen LogP contribution in [0.5, 0.6) is 11.5 Å². The monoisotopic (exact) mass is 342 g/mol. The Bertz CT molecular complexity index is 669. The van der Waals surface area contributed by atoms with Crippen molar-refractivity contribution in [2.45, 2.75) is 19.1 Å². The number of alkyl halides is 3. The number of allylic oxidation sites excluding steroid dienone is 1. The van der Waals surface area contributed by atoms with Crippen molar-refractivity contribution in [3.05, 3.63) is 41.6 Å². The van der Waals surface area contributed by atoms with E-state index in [0.717, 1.165) is 6.08 Å². The zero-order valence-electron chi connectivity index (χ0n) is 13.1. The summed E-state index contributed by atoms with van der Waals surface area (Å²) < 4.78 is 48.7. The Kier molecular flexibility index (Phi) is 5.38. The van der Waals surface area contributed by atoms with Crippen LogP contribution in [0, 0.1) is 0 Å². The summed E-state index contributed by atoms with van der Waals surface area (Å²) in [5.41, 5.74) is -0.375. The smallest absolute Gasteiger partial charge is 0.431 e. The molecule has 0 aromatic heterocycles. The maximum atomic E-state index is 12.7. The Balaban J connectivity index is 2.20. The van der Waals surface area contributed by atoms with E-state index in [0.29, 0.717) is 23.7 Å². The summed E-state index contributed by atoms with van der Waals surface area (Å²) in [6, 6.07) is 3.37. The molecule has 130 valence electrons. The summed E-state index contributed by atoms with van der Waals surface area (Å²) >= 11 is 0. The number of methoxy groups -OCH3 is 1. The Morgan fingerprint density at radius 2 is 2.04 bits per heavy atom. The number of amides is 2. The highest BCUT2D eigenvalue weighted by Crippen LogP contribution is 2.29. The number of carbonyl (C=O) groups is 1. The van der Waals surface area contributed by atoms with E-state index in [1.54, 1.807) is 29.6 Å². The number of nitrogens with one attached hydrogen (secondary N) is 2. The number of rotatable bonds is 5. The number of halogens is 3. The maximum absolute atomic E-state index is 12.7. The van der Waals surface area contributed by atoms with E-state index >= 15 is 0 Å². The molecule has 0 saturated carbocycles. The molecule has 8 heteroatoms. The number of benzene rings is 1. The van der Waals surface area contributed by atoms with Crippen molar-refractivity contribution >= 4 is 12.1 Å². The molecule has 2 rings (SSSR count). The first-order chi connectivity index (χ1) is 11.3. The molecule has 24 heavy (non-hydrogen) atoms. The average Bonchev–Trinajstić information content (AvgIpc) is 2.52. The van der Waals surface area contributed by atoms with Gasteiger partial charge in [0.05, 0.1) is 19.8 Å². The van der Waals surface area contributed by atoms with Gasteiger partial charge in [0.25, 0.3) is 0 Å². The lowest BCUT2D eigenvalue weighted by atomic mass is 10.1. The van der Waals surface area contributed by atoms with Crippen LogP contribution < -0.4 is 20.1 Å². The fourth-order valence-electron chi connectivity index (χ4n) is 2.12. The third-order valence-electron chi connectivity index (χ3n) is 3.18. The summed E-state index contributed by atoms with van der Waals surface area (Å²) in [5, 5.41) is 4.12. The highest BCUT2D eigenvalue weighted by molar-refractivity contribution is 5.78. The first kappa shape index (κ1) is 17.7. The van der Waals surface area contributed by atoms with E-state index in [4.69, 9.17) is 9.47 Å². The van der Waals surface area contributed by atoms with Gasteiger partial charge in [-0.2, -0.15) is 13.2 Å². The average molecular weight is 342 g/mol. The molecule has 0 fully saturated rings. The molecular weight excluding hydrogens is 325 g/mol. The second kappa shape index (κ2) is 7.29. The highest BCUT2D eigenvalue weighted by atomic mass is 19.4. The van der Waals surface area contributed by atoms with Crippen molar-refractivity contribution in [2.75, 3.05) is 13.7 Å². The minimum Gasteiger partial charge on any atom is -0.493 e. The summed E-state index contributed by atoms with van der Waals surface area (Å²) in [7, 11) is 1.52. The number of hydrogen-bond acceptors (Lipinski definition) is 3. The molecule has 0 aliphatic carbocycles. The Hall–Kier alpha value is -2.64. The molecular formula is C16H17F3N2O3. The molecule has 1 aromatic carbocycles. The van der Waals surface area contributed by atoms with Gasteiger partial charge in [0.15, 0.2) is 11.5 Å². The van der Waals surface area contributed by atoms with E-state index in [-0.39, 0.29) is 0 Å². The minimum atomic E-state index is -4.61. The van der Waals surface area contributed by atoms with Crippen LogP contribution in [-0.4, -0.2) is 32.0 Å². The first-order valence-electron chi connectivity index (χ1n) is 7.19. The van der Waals surface area contributed by atoms with Crippen LogP contribution >= 0.6 is 0 Å². The van der Waals surface area contributed by atoms with Gasteiger partial charge in [-0.3, -0.25) is 0 Å². The third-order valence-corrected chi connectivity index (χ3v) is 3.18. The molecule has 1 aliphatic heterocycles. The molecule has 5 nitrogen and oxygen atoms in total. The van der Waals surface area contributed by atoms with Crippen molar-refractivity contribution in [3.63, 3.8) is 0 Å². The van der Waals surface area contributed by atoms with Crippen LogP contribution in [0.4, 0.5) is 18.0 Å². The van der Waals surface area contributed by atoms with Crippen LogP contribution in [0.25, 0.3) is 6.08 Å². The summed E-state index contributed by atoms with van der Waals surface area (Å²) in [5.74, 6) is 1.09. The van der Waals surface area contributed by atoms with Crippen LogP contribution in [0.3, 0.4) is 0 Å². The Labute approximate surface area is 137 Å². The topological polar surface area (TPSA) is 59.6 Å². The van der Waals surface area contributed by atoms with Gasteiger partial charge in [0, 0.05) is 0 Å². The number of ether oxygens (including phenoxy) is 2. The predicted octanol–water partition coefficient (Wildman–Crippen LogP) is 3.23. The first-order valence-corrected chi connectivity index (χ1v) is 7.19. The van der Waals surface area contributed by atoms with Crippen molar-refractivity contribution < 1.29 is 27.4 Å². The Morgan fingerprint density at radius 3 is 2.67 bits per heavy atom. The zero-order valence-corrected chi connectivity index (χ0v) is 13.1. The number of hydrogen-bond donors (Lipinski definition) is 2. The molecule has 2 N–H and O–H groups in total. The SMILES string of the molecule is CCOc1cc(/C=C/[C@@H]2C=C(C(F)(F)F)NC(=O)N2)ccc1OC. The maximum Gasteiger partial charge on any atom is 0.431 e. The molecule has 2 amide bonds. The number of urea groups is 1. The molecule has 0 bridgehead atoms. The molecule has 1 aliphatic rings. The molecule has 1 atom stereocenters. The second-order valence-corrected chi connectivity index (χ2v) is 4.90. The molecule has 0 unspecified atom stereocenters. The van der Waals surface area contributed by atoms with Gasteiger partial charge >= 0.3 is 12.2 Å². The molecule has 1 aromatic rings. The van der Waals surface area contributed by atoms with Crippen molar-refractivity contribution in [1.29, 1.82) is 0 Å². The fourth-order valence-corrected chi connectivity index (χ4v) is 2.12. The third kappa shape index (κ3) is 4.43. The van der Waals surface area contributed by atoms with E-state index in [9.17, 15) is 18.0 Å². The van der Waals surface area contributed by atoms with E-state index in [2.05, 4.69) is 5.32 Å². The lowest BCUT2D eigenvalue weighted by Crippen LogP contribution is -2.48. The lowest BCUT2D eigenvalue weighted by molar-refractivity contribution is -0.0963. The molecule has 1 heterocycles. The highest BCUT2D eigenvalue weighted by Gasteiger charge is 2.37. The van der Waals surface area contributed by atoms with Crippen molar-refractivity contribution in [3.8, 4) is 11.5 Å². The van der Waals surface area contributed by atoms with E-state index in [1.165, 1.54) is 13.2 Å². The standard InChI is InChI=1S/C16H17F3N2O3/c1-3-24-13-8-10(5-7-12(13)23-2)4-6-11-9-14(16(17,18)19)21-15(22)20-11/h4-9,11H,3H2,1-2H3,(H2,20,21,22)/b6-4+/t11-/m1/s1.